The smallest absolute Gasteiger partial charge is 0.174 e. The molecule has 7 heteroatoms. The molecule has 1 aromatic heterocycles. The van der Waals surface area contributed by atoms with Gasteiger partial charge in [0, 0.05) is 42.8 Å². The van der Waals surface area contributed by atoms with Crippen LogP contribution in [0.1, 0.15) is 11.1 Å². The number of ether oxygens (including phenoxy) is 3. The van der Waals surface area contributed by atoms with Crippen molar-refractivity contribution in [1.29, 1.82) is 0 Å². The first-order valence-corrected chi connectivity index (χ1v) is 9.83. The molecule has 0 spiro atoms. The molecule has 0 saturated carbocycles. The van der Waals surface area contributed by atoms with Gasteiger partial charge in [-0.3, -0.25) is 4.98 Å². The van der Waals surface area contributed by atoms with E-state index in [9.17, 15) is 0 Å². The van der Waals surface area contributed by atoms with Gasteiger partial charge in [0.1, 0.15) is 17.2 Å². The van der Waals surface area contributed by atoms with Crippen molar-refractivity contribution in [1.82, 2.24) is 9.88 Å². The van der Waals surface area contributed by atoms with Crippen molar-refractivity contribution in [2.24, 2.45) is 0 Å². The highest BCUT2D eigenvalue weighted by molar-refractivity contribution is 7.80. The number of aromatic nitrogens is 1. The zero-order valence-corrected chi connectivity index (χ0v) is 18.1. The number of hydrogen-bond donors (Lipinski definition) is 1. The highest BCUT2D eigenvalue weighted by atomic mass is 32.1. The quantitative estimate of drug-likeness (QED) is 0.535. The molecule has 30 heavy (non-hydrogen) atoms. The second kappa shape index (κ2) is 10.5. The van der Waals surface area contributed by atoms with Crippen molar-refractivity contribution in [3.8, 4) is 17.2 Å². The Morgan fingerprint density at radius 3 is 2.43 bits per heavy atom. The third-order valence-corrected chi connectivity index (χ3v) is 4.91. The van der Waals surface area contributed by atoms with Crippen molar-refractivity contribution >= 4 is 23.0 Å². The zero-order valence-electron chi connectivity index (χ0n) is 17.3. The van der Waals surface area contributed by atoms with Crippen LogP contribution in [0.3, 0.4) is 0 Å². The molecule has 0 aliphatic carbocycles. The topological polar surface area (TPSA) is 55.9 Å². The molecule has 1 N–H and O–H groups in total. The molecule has 0 aliphatic rings. The van der Waals surface area contributed by atoms with Gasteiger partial charge in [-0.25, -0.2) is 0 Å². The minimum absolute atomic E-state index is 0.533. The highest BCUT2D eigenvalue weighted by Crippen LogP contribution is 2.26. The second-order valence-corrected chi connectivity index (χ2v) is 6.94. The molecule has 0 atom stereocenters. The summed E-state index contributed by atoms with van der Waals surface area (Å²) in [4.78, 5) is 6.28. The van der Waals surface area contributed by atoms with Gasteiger partial charge in [-0.2, -0.15) is 0 Å². The van der Waals surface area contributed by atoms with Crippen LogP contribution >= 0.6 is 12.2 Å². The fourth-order valence-corrected chi connectivity index (χ4v) is 3.27. The lowest BCUT2D eigenvalue weighted by atomic mass is 10.1. The Labute approximate surface area is 182 Å². The van der Waals surface area contributed by atoms with E-state index in [0.717, 1.165) is 34.1 Å². The highest BCUT2D eigenvalue weighted by Gasteiger charge is 2.15. The molecule has 1 heterocycles. The maximum Gasteiger partial charge on any atom is 0.174 e. The molecule has 0 saturated heterocycles. The van der Waals surface area contributed by atoms with E-state index < -0.39 is 0 Å². The number of thiocarbonyl (C=S) groups is 1. The summed E-state index contributed by atoms with van der Waals surface area (Å²) in [5.74, 6) is 2.30. The summed E-state index contributed by atoms with van der Waals surface area (Å²) >= 11 is 5.76. The van der Waals surface area contributed by atoms with Gasteiger partial charge >= 0.3 is 0 Å². The molecule has 0 aliphatic heterocycles. The van der Waals surface area contributed by atoms with E-state index in [0.29, 0.717) is 18.2 Å². The minimum atomic E-state index is 0.533. The van der Waals surface area contributed by atoms with E-state index in [1.165, 1.54) is 0 Å². The Bertz CT molecular complexity index is 982. The number of hydrogen-bond acceptors (Lipinski definition) is 5. The van der Waals surface area contributed by atoms with E-state index in [1.54, 1.807) is 27.5 Å². The van der Waals surface area contributed by atoms with Gasteiger partial charge in [-0.1, -0.05) is 12.1 Å². The third kappa shape index (κ3) is 5.61. The molecule has 3 aromatic rings. The van der Waals surface area contributed by atoms with E-state index in [1.807, 2.05) is 60.8 Å². The van der Waals surface area contributed by atoms with E-state index in [2.05, 4.69) is 15.2 Å². The monoisotopic (exact) mass is 423 g/mol. The summed E-state index contributed by atoms with van der Waals surface area (Å²) in [6, 6.07) is 17.3. The summed E-state index contributed by atoms with van der Waals surface area (Å²) < 4.78 is 16.2. The predicted octanol–water partition coefficient (Wildman–Crippen LogP) is 4.51. The van der Waals surface area contributed by atoms with Crippen LogP contribution in [-0.4, -0.2) is 36.3 Å². The van der Waals surface area contributed by atoms with Crippen molar-refractivity contribution in [3.63, 3.8) is 0 Å². The average molecular weight is 424 g/mol. The van der Waals surface area contributed by atoms with Gasteiger partial charge in [-0.15, -0.1) is 0 Å². The number of rotatable bonds is 8. The molecule has 156 valence electrons. The number of anilines is 1. The van der Waals surface area contributed by atoms with Gasteiger partial charge in [0.25, 0.3) is 0 Å². The average Bonchev–Trinajstić information content (AvgIpc) is 2.79. The molecule has 0 unspecified atom stereocenters. The maximum absolute atomic E-state index is 5.76. The van der Waals surface area contributed by atoms with E-state index in [-0.39, 0.29) is 0 Å². The molecule has 2 aromatic carbocycles. The second-order valence-electron chi connectivity index (χ2n) is 6.56. The SMILES string of the molecule is COc1cccc(NC(=S)N(Cc2cccnc2)Cc2cc(OC)ccc2OC)c1. The van der Waals surface area contributed by atoms with Crippen molar-refractivity contribution in [2.75, 3.05) is 26.6 Å². The molecule has 0 fully saturated rings. The van der Waals surface area contributed by atoms with Crippen LogP contribution in [0.2, 0.25) is 0 Å². The Morgan fingerprint density at radius 1 is 0.933 bits per heavy atom. The zero-order chi connectivity index (χ0) is 21.3. The Balaban J connectivity index is 1.87. The Kier molecular flexibility index (Phi) is 7.45. The Hall–Kier alpha value is -3.32. The van der Waals surface area contributed by atoms with Crippen LogP contribution in [0.25, 0.3) is 0 Å². The third-order valence-electron chi connectivity index (χ3n) is 4.55. The lowest BCUT2D eigenvalue weighted by Gasteiger charge is -2.27. The van der Waals surface area contributed by atoms with Crippen LogP contribution in [0.5, 0.6) is 17.2 Å². The van der Waals surface area contributed by atoms with Crippen LogP contribution in [0.15, 0.2) is 67.0 Å². The summed E-state index contributed by atoms with van der Waals surface area (Å²) in [5, 5.41) is 3.89. The number of benzene rings is 2. The number of nitrogens with zero attached hydrogens (tertiary/aromatic N) is 2. The first kappa shape index (κ1) is 21.4. The molecule has 0 radical (unpaired) electrons. The van der Waals surface area contributed by atoms with Crippen LogP contribution in [-0.2, 0) is 13.1 Å². The van der Waals surface area contributed by atoms with Crippen molar-refractivity contribution in [3.05, 3.63) is 78.1 Å². The van der Waals surface area contributed by atoms with Crippen molar-refractivity contribution < 1.29 is 14.2 Å². The molecule has 0 bridgehead atoms. The molecule has 3 rings (SSSR count). The molecular formula is C23H25N3O3S. The lowest BCUT2D eigenvalue weighted by molar-refractivity contribution is 0.372. The first-order chi connectivity index (χ1) is 14.6. The van der Waals surface area contributed by atoms with Gasteiger partial charge in [0.05, 0.1) is 21.3 Å². The maximum atomic E-state index is 5.76. The standard InChI is InChI=1S/C23H25N3O3S/c1-27-20-8-4-7-19(13-20)25-23(30)26(15-17-6-5-11-24-14-17)16-18-12-21(28-2)9-10-22(18)29-3/h4-14H,15-16H2,1-3H3,(H,25,30). The number of nitrogens with one attached hydrogen (secondary N) is 1. The molecule has 6 nitrogen and oxygen atoms in total. The minimum Gasteiger partial charge on any atom is -0.497 e. The van der Waals surface area contributed by atoms with Gasteiger partial charge in [-0.05, 0) is 54.2 Å². The van der Waals surface area contributed by atoms with Gasteiger partial charge in [0.2, 0.25) is 0 Å². The Morgan fingerprint density at radius 2 is 1.73 bits per heavy atom. The van der Waals surface area contributed by atoms with Crippen LogP contribution in [0.4, 0.5) is 5.69 Å². The van der Waals surface area contributed by atoms with Crippen LogP contribution < -0.4 is 19.5 Å². The first-order valence-electron chi connectivity index (χ1n) is 9.42. The van der Waals surface area contributed by atoms with Crippen LogP contribution in [0, 0.1) is 0 Å². The van der Waals surface area contributed by atoms with E-state index in [4.69, 9.17) is 26.4 Å². The summed E-state index contributed by atoms with van der Waals surface area (Å²) in [7, 11) is 4.94. The lowest BCUT2D eigenvalue weighted by Crippen LogP contribution is -2.34. The van der Waals surface area contributed by atoms with Crippen molar-refractivity contribution in [2.45, 2.75) is 13.1 Å². The van der Waals surface area contributed by atoms with Gasteiger partial charge < -0.3 is 24.4 Å². The summed E-state index contributed by atoms with van der Waals surface area (Å²) in [6.07, 6.45) is 3.59. The van der Waals surface area contributed by atoms with Gasteiger partial charge in [0.15, 0.2) is 5.11 Å². The molecule has 0 amide bonds. The van der Waals surface area contributed by atoms with E-state index >= 15 is 0 Å². The number of methoxy groups -OCH3 is 3. The predicted molar refractivity (Wildman–Crippen MR) is 122 cm³/mol. The normalized spacial score (nSPS) is 10.2. The fraction of sp³-hybridized carbons (Fsp3) is 0.217. The fourth-order valence-electron chi connectivity index (χ4n) is 3.03. The molecular weight excluding hydrogens is 398 g/mol. The summed E-state index contributed by atoms with van der Waals surface area (Å²) in [6.45, 7) is 1.12. The largest absolute Gasteiger partial charge is 0.497 e. The number of pyridine rings is 1. The summed E-state index contributed by atoms with van der Waals surface area (Å²) in [5.41, 5.74) is 2.87.